The highest BCUT2D eigenvalue weighted by molar-refractivity contribution is 5.66. The topological polar surface area (TPSA) is 49.3 Å². The molecule has 0 aliphatic heterocycles. The summed E-state index contributed by atoms with van der Waals surface area (Å²) in [7, 11) is 0. The first kappa shape index (κ1) is 15.7. The molecule has 106 valence electrons. The molecule has 1 rings (SSSR count). The van der Waals surface area contributed by atoms with E-state index in [1.807, 2.05) is 0 Å². The van der Waals surface area contributed by atoms with Crippen LogP contribution >= 0.6 is 0 Å². The molecule has 0 unspecified atom stereocenters. The molecule has 3 heteroatoms. The van der Waals surface area contributed by atoms with Crippen LogP contribution in [0.1, 0.15) is 49.4 Å². The number of rotatable bonds is 5. The first-order chi connectivity index (χ1) is 8.71. The Labute approximate surface area is 116 Å². The Morgan fingerprint density at radius 1 is 1.21 bits per heavy atom. The van der Waals surface area contributed by atoms with Crippen molar-refractivity contribution >= 4 is 5.97 Å². The Morgan fingerprint density at radius 3 is 2.16 bits per heavy atom. The highest BCUT2D eigenvalue weighted by Crippen LogP contribution is 2.26. The van der Waals surface area contributed by atoms with Crippen molar-refractivity contribution in [2.24, 2.45) is 0 Å². The smallest absolute Gasteiger partial charge is 0.304 e. The Hall–Kier alpha value is -1.35. The van der Waals surface area contributed by atoms with Gasteiger partial charge >= 0.3 is 5.97 Å². The number of carboxylic acid groups (broad SMARTS) is 1. The van der Waals surface area contributed by atoms with Crippen molar-refractivity contribution in [2.45, 2.75) is 53.0 Å². The molecule has 0 fully saturated rings. The SMILES string of the molecule is Cc1cc(C(C)(C)C)cc(C)c1CNCCC(=O)O. The molecule has 1 aromatic carbocycles. The molecule has 0 atom stereocenters. The Bertz CT molecular complexity index is 435. The first-order valence-electron chi connectivity index (χ1n) is 6.75. The number of carbonyl (C=O) groups is 1. The summed E-state index contributed by atoms with van der Waals surface area (Å²) in [6.45, 7) is 12.1. The third-order valence-corrected chi connectivity index (χ3v) is 3.38. The molecular formula is C16H25NO2. The van der Waals surface area contributed by atoms with Crippen LogP contribution in [0.15, 0.2) is 12.1 Å². The van der Waals surface area contributed by atoms with Gasteiger partial charge in [0.25, 0.3) is 0 Å². The zero-order chi connectivity index (χ0) is 14.6. The Kier molecular flexibility index (Phi) is 5.12. The molecule has 3 nitrogen and oxygen atoms in total. The fourth-order valence-electron chi connectivity index (χ4n) is 2.11. The second-order valence-corrected chi connectivity index (χ2v) is 6.16. The van der Waals surface area contributed by atoms with Crippen LogP contribution in [0.3, 0.4) is 0 Å². The molecular weight excluding hydrogens is 238 g/mol. The molecule has 0 amide bonds. The zero-order valence-electron chi connectivity index (χ0n) is 12.6. The van der Waals surface area contributed by atoms with Crippen molar-refractivity contribution in [1.82, 2.24) is 5.32 Å². The molecule has 0 radical (unpaired) electrons. The van der Waals surface area contributed by atoms with Gasteiger partial charge in [0.1, 0.15) is 0 Å². The molecule has 0 spiro atoms. The van der Waals surface area contributed by atoms with Crippen molar-refractivity contribution < 1.29 is 9.90 Å². The van der Waals surface area contributed by atoms with E-state index in [-0.39, 0.29) is 11.8 Å². The third kappa shape index (κ3) is 4.67. The quantitative estimate of drug-likeness (QED) is 0.802. The van der Waals surface area contributed by atoms with E-state index in [0.29, 0.717) is 6.54 Å². The van der Waals surface area contributed by atoms with Crippen molar-refractivity contribution in [2.75, 3.05) is 6.54 Å². The normalized spacial score (nSPS) is 11.6. The van der Waals surface area contributed by atoms with Gasteiger partial charge in [0.2, 0.25) is 0 Å². The van der Waals surface area contributed by atoms with Gasteiger partial charge in [-0.3, -0.25) is 4.79 Å². The van der Waals surface area contributed by atoms with Crippen LogP contribution in [0.4, 0.5) is 0 Å². The van der Waals surface area contributed by atoms with Crippen molar-refractivity contribution in [3.63, 3.8) is 0 Å². The fourth-order valence-corrected chi connectivity index (χ4v) is 2.11. The number of hydrogen-bond acceptors (Lipinski definition) is 2. The van der Waals surface area contributed by atoms with E-state index in [2.05, 4.69) is 52.1 Å². The maximum absolute atomic E-state index is 10.5. The minimum absolute atomic E-state index is 0.158. The monoisotopic (exact) mass is 263 g/mol. The average Bonchev–Trinajstić information content (AvgIpc) is 2.25. The van der Waals surface area contributed by atoms with Gasteiger partial charge < -0.3 is 10.4 Å². The van der Waals surface area contributed by atoms with Gasteiger partial charge in [0, 0.05) is 13.1 Å². The lowest BCUT2D eigenvalue weighted by Gasteiger charge is -2.22. The van der Waals surface area contributed by atoms with Crippen molar-refractivity contribution in [1.29, 1.82) is 0 Å². The number of aryl methyl sites for hydroxylation is 2. The van der Waals surface area contributed by atoms with Crippen LogP contribution in [0.25, 0.3) is 0 Å². The molecule has 0 saturated carbocycles. The van der Waals surface area contributed by atoms with Gasteiger partial charge in [0.05, 0.1) is 6.42 Å². The van der Waals surface area contributed by atoms with Crippen LogP contribution in [-0.4, -0.2) is 17.6 Å². The van der Waals surface area contributed by atoms with E-state index >= 15 is 0 Å². The lowest BCUT2D eigenvalue weighted by Crippen LogP contribution is -2.19. The molecule has 0 heterocycles. The standard InChI is InChI=1S/C16H25NO2/c1-11-8-13(16(3,4)5)9-12(2)14(11)10-17-7-6-15(18)19/h8-9,17H,6-7,10H2,1-5H3,(H,18,19). The van der Waals surface area contributed by atoms with Gasteiger partial charge in [-0.15, -0.1) is 0 Å². The Morgan fingerprint density at radius 2 is 1.74 bits per heavy atom. The summed E-state index contributed by atoms with van der Waals surface area (Å²) in [6, 6.07) is 4.47. The minimum atomic E-state index is -0.760. The summed E-state index contributed by atoms with van der Waals surface area (Å²) in [5.41, 5.74) is 5.32. The molecule has 2 N–H and O–H groups in total. The first-order valence-corrected chi connectivity index (χ1v) is 6.75. The second-order valence-electron chi connectivity index (χ2n) is 6.16. The summed E-state index contributed by atoms with van der Waals surface area (Å²) in [4.78, 5) is 10.5. The summed E-state index contributed by atoms with van der Waals surface area (Å²) < 4.78 is 0. The number of hydrogen-bond donors (Lipinski definition) is 2. The van der Waals surface area contributed by atoms with E-state index in [4.69, 9.17) is 5.11 Å². The van der Waals surface area contributed by atoms with Crippen LogP contribution in [0.5, 0.6) is 0 Å². The van der Waals surface area contributed by atoms with Crippen LogP contribution in [0, 0.1) is 13.8 Å². The van der Waals surface area contributed by atoms with Gasteiger partial charge in [0.15, 0.2) is 0 Å². The van der Waals surface area contributed by atoms with Gasteiger partial charge in [-0.1, -0.05) is 32.9 Å². The van der Waals surface area contributed by atoms with Gasteiger partial charge in [-0.2, -0.15) is 0 Å². The van der Waals surface area contributed by atoms with Gasteiger partial charge in [-0.05, 0) is 41.5 Å². The van der Waals surface area contributed by atoms with Crippen LogP contribution in [0.2, 0.25) is 0 Å². The lowest BCUT2D eigenvalue weighted by atomic mass is 9.84. The molecule has 0 aromatic heterocycles. The van der Waals surface area contributed by atoms with Gasteiger partial charge in [-0.25, -0.2) is 0 Å². The lowest BCUT2D eigenvalue weighted by molar-refractivity contribution is -0.136. The molecule has 1 aromatic rings. The highest BCUT2D eigenvalue weighted by atomic mass is 16.4. The average molecular weight is 263 g/mol. The summed E-state index contributed by atoms with van der Waals surface area (Å²) in [5, 5.41) is 11.8. The Balaban J connectivity index is 2.78. The molecule has 19 heavy (non-hydrogen) atoms. The number of nitrogens with one attached hydrogen (secondary N) is 1. The summed E-state index contributed by atoms with van der Waals surface area (Å²) >= 11 is 0. The van der Waals surface area contributed by atoms with Crippen LogP contribution in [-0.2, 0) is 16.8 Å². The largest absolute Gasteiger partial charge is 0.481 e. The van der Waals surface area contributed by atoms with E-state index in [1.165, 1.54) is 22.3 Å². The van der Waals surface area contributed by atoms with E-state index < -0.39 is 5.97 Å². The predicted octanol–water partition coefficient (Wildman–Crippen LogP) is 3.17. The second kappa shape index (κ2) is 6.20. The number of aliphatic carboxylic acids is 1. The fraction of sp³-hybridized carbons (Fsp3) is 0.562. The van der Waals surface area contributed by atoms with E-state index in [9.17, 15) is 4.79 Å². The summed E-state index contributed by atoms with van der Waals surface area (Å²) in [5.74, 6) is -0.760. The maximum Gasteiger partial charge on any atom is 0.304 e. The van der Waals surface area contributed by atoms with E-state index in [0.717, 1.165) is 6.54 Å². The molecule has 0 saturated heterocycles. The molecule has 0 aliphatic rings. The molecule has 0 aliphatic carbocycles. The maximum atomic E-state index is 10.5. The van der Waals surface area contributed by atoms with Crippen molar-refractivity contribution in [3.05, 3.63) is 34.4 Å². The molecule has 0 bridgehead atoms. The number of benzene rings is 1. The van der Waals surface area contributed by atoms with Crippen LogP contribution < -0.4 is 5.32 Å². The van der Waals surface area contributed by atoms with E-state index in [1.54, 1.807) is 0 Å². The van der Waals surface area contributed by atoms with Crippen molar-refractivity contribution in [3.8, 4) is 0 Å². The predicted molar refractivity (Wildman–Crippen MR) is 78.6 cm³/mol. The highest BCUT2D eigenvalue weighted by Gasteiger charge is 2.16. The number of carboxylic acids is 1. The third-order valence-electron chi connectivity index (χ3n) is 3.38. The zero-order valence-corrected chi connectivity index (χ0v) is 12.6. The minimum Gasteiger partial charge on any atom is -0.481 e. The summed E-state index contributed by atoms with van der Waals surface area (Å²) in [6.07, 6.45) is 0.165.